The number of rotatable bonds is 7. The van der Waals surface area contributed by atoms with E-state index in [2.05, 4.69) is 15.2 Å². The normalized spacial score (nSPS) is 10.4. The van der Waals surface area contributed by atoms with Crippen molar-refractivity contribution in [2.45, 2.75) is 18.6 Å². The van der Waals surface area contributed by atoms with Gasteiger partial charge in [-0.25, -0.2) is 4.98 Å². The van der Waals surface area contributed by atoms with E-state index in [4.69, 9.17) is 9.47 Å². The van der Waals surface area contributed by atoms with Crippen LogP contribution in [0.15, 0.2) is 23.6 Å². The maximum atomic E-state index is 12.2. The van der Waals surface area contributed by atoms with Crippen molar-refractivity contribution >= 4 is 17.7 Å². The number of aromatic amines is 1. The van der Waals surface area contributed by atoms with Crippen molar-refractivity contribution in [1.82, 2.24) is 20.1 Å². The van der Waals surface area contributed by atoms with Gasteiger partial charge in [0.15, 0.2) is 16.7 Å². The SMILES string of the molecule is COc1cc(C)c(CN(C)C(=O)CSc2ncn[nH]2)cc1OC. The van der Waals surface area contributed by atoms with Gasteiger partial charge in [0.05, 0.1) is 20.0 Å². The molecule has 1 heterocycles. The van der Waals surface area contributed by atoms with E-state index in [1.807, 2.05) is 19.1 Å². The number of amides is 1. The van der Waals surface area contributed by atoms with Crippen molar-refractivity contribution in [1.29, 1.82) is 0 Å². The highest BCUT2D eigenvalue weighted by atomic mass is 32.2. The van der Waals surface area contributed by atoms with Gasteiger partial charge in [-0.15, -0.1) is 0 Å². The molecule has 8 heteroatoms. The van der Waals surface area contributed by atoms with Gasteiger partial charge in [-0.2, -0.15) is 5.10 Å². The summed E-state index contributed by atoms with van der Waals surface area (Å²) in [4.78, 5) is 17.9. The van der Waals surface area contributed by atoms with E-state index < -0.39 is 0 Å². The summed E-state index contributed by atoms with van der Waals surface area (Å²) >= 11 is 1.33. The van der Waals surface area contributed by atoms with Crippen molar-refractivity contribution in [3.63, 3.8) is 0 Å². The number of nitrogens with one attached hydrogen (secondary N) is 1. The first-order valence-corrected chi connectivity index (χ1v) is 7.97. The van der Waals surface area contributed by atoms with Gasteiger partial charge in [0, 0.05) is 13.6 Å². The van der Waals surface area contributed by atoms with Crippen molar-refractivity contribution < 1.29 is 14.3 Å². The molecule has 0 atom stereocenters. The molecule has 0 spiro atoms. The van der Waals surface area contributed by atoms with Crippen LogP contribution < -0.4 is 9.47 Å². The minimum atomic E-state index is 0.0144. The number of aryl methyl sites for hydroxylation is 1. The van der Waals surface area contributed by atoms with Crippen molar-refractivity contribution in [2.75, 3.05) is 27.0 Å². The Morgan fingerprint density at radius 3 is 2.61 bits per heavy atom. The zero-order chi connectivity index (χ0) is 16.8. The number of carbonyl (C=O) groups is 1. The molecule has 7 nitrogen and oxygen atoms in total. The predicted octanol–water partition coefficient (Wildman–Crippen LogP) is 1.88. The third-order valence-corrected chi connectivity index (χ3v) is 4.26. The van der Waals surface area contributed by atoms with Gasteiger partial charge in [-0.1, -0.05) is 11.8 Å². The number of ether oxygens (including phenoxy) is 2. The highest BCUT2D eigenvalue weighted by molar-refractivity contribution is 7.99. The lowest BCUT2D eigenvalue weighted by Crippen LogP contribution is -2.28. The summed E-state index contributed by atoms with van der Waals surface area (Å²) in [5.74, 6) is 1.66. The average molecular weight is 336 g/mol. The Kier molecular flexibility index (Phi) is 5.86. The van der Waals surface area contributed by atoms with Crippen LogP contribution in [0.25, 0.3) is 0 Å². The highest BCUT2D eigenvalue weighted by Gasteiger charge is 2.14. The van der Waals surface area contributed by atoms with Gasteiger partial charge >= 0.3 is 0 Å². The number of benzene rings is 1. The van der Waals surface area contributed by atoms with Gasteiger partial charge in [0.25, 0.3) is 0 Å². The third-order valence-electron chi connectivity index (χ3n) is 3.40. The van der Waals surface area contributed by atoms with Crippen molar-refractivity contribution in [3.8, 4) is 11.5 Å². The van der Waals surface area contributed by atoms with Gasteiger partial charge in [-0.05, 0) is 30.2 Å². The summed E-state index contributed by atoms with van der Waals surface area (Å²) in [6.45, 7) is 2.49. The zero-order valence-corrected chi connectivity index (χ0v) is 14.4. The van der Waals surface area contributed by atoms with E-state index in [0.717, 1.165) is 11.1 Å². The molecule has 0 aliphatic rings. The Morgan fingerprint density at radius 2 is 2.00 bits per heavy atom. The molecule has 1 aromatic heterocycles. The monoisotopic (exact) mass is 336 g/mol. The Morgan fingerprint density at radius 1 is 1.30 bits per heavy atom. The molecule has 0 aliphatic heterocycles. The van der Waals surface area contributed by atoms with Crippen LogP contribution >= 0.6 is 11.8 Å². The first kappa shape index (κ1) is 17.1. The minimum Gasteiger partial charge on any atom is -0.493 e. The summed E-state index contributed by atoms with van der Waals surface area (Å²) in [7, 11) is 4.98. The number of H-pyrrole nitrogens is 1. The Balaban J connectivity index is 2.01. The summed E-state index contributed by atoms with van der Waals surface area (Å²) in [5.41, 5.74) is 2.06. The quantitative estimate of drug-likeness (QED) is 0.778. The summed E-state index contributed by atoms with van der Waals surface area (Å²) in [6, 6.07) is 3.82. The molecule has 124 valence electrons. The lowest BCUT2D eigenvalue weighted by molar-refractivity contribution is -0.127. The van der Waals surface area contributed by atoms with E-state index in [1.165, 1.54) is 18.1 Å². The van der Waals surface area contributed by atoms with Crippen LogP contribution in [0, 0.1) is 6.92 Å². The molecule has 1 amide bonds. The Bertz CT molecular complexity index is 661. The van der Waals surface area contributed by atoms with E-state index in [1.54, 1.807) is 26.2 Å². The molecule has 2 aromatic rings. The molecular formula is C15H20N4O3S. The third kappa shape index (κ3) is 4.38. The number of hydrogen-bond acceptors (Lipinski definition) is 6. The number of aromatic nitrogens is 3. The first-order valence-electron chi connectivity index (χ1n) is 6.98. The molecule has 2 rings (SSSR count). The topological polar surface area (TPSA) is 80.3 Å². The standard InChI is InChI=1S/C15H20N4O3S/c1-10-5-12(21-3)13(22-4)6-11(10)7-19(2)14(20)8-23-15-16-9-17-18-15/h5-6,9H,7-8H2,1-4H3,(H,16,17,18). The molecule has 0 aliphatic carbocycles. The number of methoxy groups -OCH3 is 2. The van der Waals surface area contributed by atoms with Crippen LogP contribution in [0.1, 0.15) is 11.1 Å². The molecule has 0 fully saturated rings. The van der Waals surface area contributed by atoms with E-state index in [0.29, 0.717) is 29.0 Å². The van der Waals surface area contributed by atoms with E-state index in [-0.39, 0.29) is 5.91 Å². The molecule has 23 heavy (non-hydrogen) atoms. The fraction of sp³-hybridized carbons (Fsp3) is 0.400. The second kappa shape index (κ2) is 7.87. The molecular weight excluding hydrogens is 316 g/mol. The van der Waals surface area contributed by atoms with Crippen LogP contribution in [0.2, 0.25) is 0 Å². The fourth-order valence-electron chi connectivity index (χ4n) is 2.04. The smallest absolute Gasteiger partial charge is 0.233 e. The van der Waals surface area contributed by atoms with Crippen LogP contribution in [0.5, 0.6) is 11.5 Å². The maximum Gasteiger partial charge on any atom is 0.233 e. The summed E-state index contributed by atoms with van der Waals surface area (Å²) < 4.78 is 10.6. The largest absolute Gasteiger partial charge is 0.493 e. The lowest BCUT2D eigenvalue weighted by Gasteiger charge is -2.19. The van der Waals surface area contributed by atoms with Gasteiger partial charge in [0.1, 0.15) is 6.33 Å². The van der Waals surface area contributed by atoms with E-state index >= 15 is 0 Å². The number of carbonyl (C=O) groups excluding carboxylic acids is 1. The van der Waals surface area contributed by atoms with Gasteiger partial charge in [0.2, 0.25) is 5.91 Å². The molecule has 1 N–H and O–H groups in total. The van der Waals surface area contributed by atoms with Crippen molar-refractivity contribution in [3.05, 3.63) is 29.6 Å². The van der Waals surface area contributed by atoms with Crippen LogP contribution in [0.3, 0.4) is 0 Å². The Hall–Kier alpha value is -2.22. The van der Waals surface area contributed by atoms with E-state index in [9.17, 15) is 4.79 Å². The predicted molar refractivity (Wildman–Crippen MR) is 87.9 cm³/mol. The lowest BCUT2D eigenvalue weighted by atomic mass is 10.1. The highest BCUT2D eigenvalue weighted by Crippen LogP contribution is 2.30. The molecule has 0 saturated carbocycles. The van der Waals surface area contributed by atoms with Crippen molar-refractivity contribution in [2.24, 2.45) is 0 Å². The van der Waals surface area contributed by atoms with Crippen LogP contribution in [0.4, 0.5) is 0 Å². The summed E-state index contributed by atoms with van der Waals surface area (Å²) in [5, 5.41) is 7.10. The maximum absolute atomic E-state index is 12.2. The van der Waals surface area contributed by atoms with Gasteiger partial charge in [-0.3, -0.25) is 9.89 Å². The number of hydrogen-bond donors (Lipinski definition) is 1. The molecule has 0 unspecified atom stereocenters. The Labute approximate surface area is 139 Å². The van der Waals surface area contributed by atoms with Gasteiger partial charge < -0.3 is 14.4 Å². The second-order valence-corrected chi connectivity index (χ2v) is 5.93. The zero-order valence-electron chi connectivity index (χ0n) is 13.6. The minimum absolute atomic E-state index is 0.0144. The second-order valence-electron chi connectivity index (χ2n) is 4.96. The molecule has 0 saturated heterocycles. The summed E-state index contributed by atoms with van der Waals surface area (Å²) in [6.07, 6.45) is 1.42. The molecule has 0 bridgehead atoms. The fourth-order valence-corrected chi connectivity index (χ4v) is 2.76. The first-order chi connectivity index (χ1) is 11.0. The molecule has 0 radical (unpaired) electrons. The molecule has 1 aromatic carbocycles. The number of nitrogens with zero attached hydrogens (tertiary/aromatic N) is 3. The van der Waals surface area contributed by atoms with Crippen LogP contribution in [-0.4, -0.2) is 53.0 Å². The number of thioether (sulfide) groups is 1. The van der Waals surface area contributed by atoms with Crippen LogP contribution in [-0.2, 0) is 11.3 Å². The average Bonchev–Trinajstić information content (AvgIpc) is 3.07.